The summed E-state index contributed by atoms with van der Waals surface area (Å²) in [6, 6.07) is 10.0. The molecule has 21 heavy (non-hydrogen) atoms. The number of nitrogens with one attached hydrogen (secondary N) is 1. The number of benzene rings is 2. The summed E-state index contributed by atoms with van der Waals surface area (Å²) in [5.41, 5.74) is 8.43. The number of hydrogen-bond donors (Lipinski definition) is 2. The van der Waals surface area contributed by atoms with E-state index in [1.807, 2.05) is 19.1 Å². The van der Waals surface area contributed by atoms with Gasteiger partial charge in [0, 0.05) is 16.4 Å². The molecule has 0 saturated heterocycles. The number of anilines is 2. The Labute approximate surface area is 130 Å². The SMILES string of the molecule is CCc1ccc(NS(=O)(=O)c2cc(N)c(C)c(Cl)c2)cc1. The standard InChI is InChI=1S/C15H17ClN2O2S/c1-3-11-4-6-12(7-5-11)18-21(19,20)13-8-14(16)10(2)15(17)9-13/h4-9,18H,3,17H2,1-2H3. The summed E-state index contributed by atoms with van der Waals surface area (Å²) in [4.78, 5) is 0.0511. The third kappa shape index (κ3) is 3.49. The van der Waals surface area contributed by atoms with Crippen LogP contribution in [0.25, 0.3) is 0 Å². The molecule has 0 heterocycles. The number of aryl methyl sites for hydroxylation is 1. The summed E-state index contributed by atoms with van der Waals surface area (Å²) < 4.78 is 27.2. The highest BCUT2D eigenvalue weighted by molar-refractivity contribution is 7.92. The molecule has 112 valence electrons. The van der Waals surface area contributed by atoms with Gasteiger partial charge >= 0.3 is 0 Å². The first kappa shape index (κ1) is 15.7. The molecule has 4 nitrogen and oxygen atoms in total. The zero-order chi connectivity index (χ0) is 15.6. The van der Waals surface area contributed by atoms with E-state index in [1.165, 1.54) is 12.1 Å². The van der Waals surface area contributed by atoms with Crippen LogP contribution in [-0.4, -0.2) is 8.42 Å². The Morgan fingerprint density at radius 2 is 1.81 bits per heavy atom. The van der Waals surface area contributed by atoms with E-state index in [9.17, 15) is 8.42 Å². The van der Waals surface area contributed by atoms with Gasteiger partial charge in [0.25, 0.3) is 10.0 Å². The van der Waals surface area contributed by atoms with Crippen molar-refractivity contribution in [1.82, 2.24) is 0 Å². The highest BCUT2D eigenvalue weighted by Crippen LogP contribution is 2.27. The van der Waals surface area contributed by atoms with Gasteiger partial charge in [0.2, 0.25) is 0 Å². The Morgan fingerprint density at radius 1 is 1.19 bits per heavy atom. The summed E-state index contributed by atoms with van der Waals surface area (Å²) in [6.07, 6.45) is 0.900. The Morgan fingerprint density at radius 3 is 2.33 bits per heavy atom. The second-order valence-electron chi connectivity index (χ2n) is 4.78. The Kier molecular flexibility index (Phi) is 4.44. The van der Waals surface area contributed by atoms with Gasteiger partial charge in [-0.15, -0.1) is 0 Å². The Balaban J connectivity index is 2.33. The monoisotopic (exact) mass is 324 g/mol. The molecule has 0 aromatic heterocycles. The molecule has 0 bridgehead atoms. The number of nitrogens with two attached hydrogens (primary N) is 1. The lowest BCUT2D eigenvalue weighted by atomic mass is 10.2. The lowest BCUT2D eigenvalue weighted by molar-refractivity contribution is 0.601. The van der Waals surface area contributed by atoms with Gasteiger partial charge in [-0.3, -0.25) is 4.72 Å². The maximum absolute atomic E-state index is 12.3. The van der Waals surface area contributed by atoms with Crippen molar-refractivity contribution in [2.24, 2.45) is 0 Å². The average molecular weight is 325 g/mol. The fraction of sp³-hybridized carbons (Fsp3) is 0.200. The lowest BCUT2D eigenvalue weighted by Gasteiger charge is -2.11. The van der Waals surface area contributed by atoms with Gasteiger partial charge < -0.3 is 5.73 Å². The number of halogens is 1. The molecule has 3 N–H and O–H groups in total. The van der Waals surface area contributed by atoms with Crippen LogP contribution in [0.2, 0.25) is 5.02 Å². The van der Waals surface area contributed by atoms with Crippen LogP contribution in [-0.2, 0) is 16.4 Å². The van der Waals surface area contributed by atoms with E-state index in [0.29, 0.717) is 22.0 Å². The minimum Gasteiger partial charge on any atom is -0.398 e. The second kappa shape index (κ2) is 5.95. The van der Waals surface area contributed by atoms with Crippen LogP contribution in [0.4, 0.5) is 11.4 Å². The topological polar surface area (TPSA) is 72.2 Å². The fourth-order valence-corrected chi connectivity index (χ4v) is 3.26. The zero-order valence-corrected chi connectivity index (χ0v) is 13.4. The van der Waals surface area contributed by atoms with E-state index >= 15 is 0 Å². The van der Waals surface area contributed by atoms with Crippen LogP contribution in [0, 0.1) is 6.92 Å². The zero-order valence-electron chi connectivity index (χ0n) is 11.9. The largest absolute Gasteiger partial charge is 0.398 e. The average Bonchev–Trinajstić information content (AvgIpc) is 2.44. The minimum atomic E-state index is -3.71. The van der Waals surface area contributed by atoms with Gasteiger partial charge in [0.1, 0.15) is 0 Å². The van der Waals surface area contributed by atoms with E-state index in [0.717, 1.165) is 12.0 Å². The molecule has 0 aliphatic heterocycles. The number of hydrogen-bond acceptors (Lipinski definition) is 3. The minimum absolute atomic E-state index is 0.0511. The number of rotatable bonds is 4. The summed E-state index contributed by atoms with van der Waals surface area (Å²) in [7, 11) is -3.71. The quantitative estimate of drug-likeness (QED) is 0.844. The first-order chi connectivity index (χ1) is 9.83. The molecule has 0 unspecified atom stereocenters. The number of sulfonamides is 1. The molecular formula is C15H17ClN2O2S. The van der Waals surface area contributed by atoms with Crippen molar-refractivity contribution in [3.63, 3.8) is 0 Å². The third-order valence-corrected chi connectivity index (χ3v) is 5.04. The molecule has 0 radical (unpaired) electrons. The van der Waals surface area contributed by atoms with E-state index in [4.69, 9.17) is 17.3 Å². The van der Waals surface area contributed by atoms with Gasteiger partial charge in [0.15, 0.2) is 0 Å². The van der Waals surface area contributed by atoms with Gasteiger partial charge in [-0.1, -0.05) is 30.7 Å². The predicted molar refractivity (Wildman–Crippen MR) is 87.2 cm³/mol. The summed E-state index contributed by atoms with van der Waals surface area (Å²) in [6.45, 7) is 3.78. The smallest absolute Gasteiger partial charge is 0.262 e. The van der Waals surface area contributed by atoms with E-state index < -0.39 is 10.0 Å². The highest BCUT2D eigenvalue weighted by atomic mass is 35.5. The molecule has 2 rings (SSSR count). The summed E-state index contributed by atoms with van der Waals surface area (Å²) in [5, 5.41) is 0.330. The summed E-state index contributed by atoms with van der Waals surface area (Å²) in [5.74, 6) is 0. The number of nitrogen functional groups attached to an aromatic ring is 1. The van der Waals surface area contributed by atoms with E-state index in [-0.39, 0.29) is 4.90 Å². The molecule has 6 heteroatoms. The molecule has 0 atom stereocenters. The lowest BCUT2D eigenvalue weighted by Crippen LogP contribution is -2.13. The van der Waals surface area contributed by atoms with Crippen LogP contribution >= 0.6 is 11.6 Å². The van der Waals surface area contributed by atoms with Crippen LogP contribution in [0.5, 0.6) is 0 Å². The Hall–Kier alpha value is -1.72. The first-order valence-corrected chi connectivity index (χ1v) is 8.37. The van der Waals surface area contributed by atoms with Crippen LogP contribution in [0.1, 0.15) is 18.1 Å². The van der Waals surface area contributed by atoms with Crippen molar-refractivity contribution >= 4 is 33.0 Å². The molecule has 0 fully saturated rings. The van der Waals surface area contributed by atoms with E-state index in [1.54, 1.807) is 19.1 Å². The van der Waals surface area contributed by atoms with Crippen molar-refractivity contribution in [3.8, 4) is 0 Å². The summed E-state index contributed by atoms with van der Waals surface area (Å²) >= 11 is 6.00. The molecular weight excluding hydrogens is 308 g/mol. The van der Waals surface area contributed by atoms with Crippen LogP contribution in [0.15, 0.2) is 41.3 Å². The first-order valence-electron chi connectivity index (χ1n) is 6.51. The molecule has 2 aromatic rings. The van der Waals surface area contributed by atoms with Crippen molar-refractivity contribution < 1.29 is 8.42 Å². The van der Waals surface area contributed by atoms with E-state index in [2.05, 4.69) is 4.72 Å². The van der Waals surface area contributed by atoms with Gasteiger partial charge in [-0.25, -0.2) is 8.42 Å². The van der Waals surface area contributed by atoms with Crippen molar-refractivity contribution in [1.29, 1.82) is 0 Å². The van der Waals surface area contributed by atoms with Crippen LogP contribution < -0.4 is 10.5 Å². The maximum atomic E-state index is 12.3. The van der Waals surface area contributed by atoms with Gasteiger partial charge in [-0.05, 0) is 48.7 Å². The molecule has 0 aliphatic rings. The van der Waals surface area contributed by atoms with Gasteiger partial charge in [0.05, 0.1) is 4.90 Å². The van der Waals surface area contributed by atoms with Gasteiger partial charge in [-0.2, -0.15) is 0 Å². The normalized spacial score (nSPS) is 11.4. The molecule has 2 aromatic carbocycles. The third-order valence-electron chi connectivity index (χ3n) is 3.28. The fourth-order valence-electron chi connectivity index (χ4n) is 1.85. The molecule has 0 amide bonds. The Bertz CT molecular complexity index is 733. The molecule has 0 aliphatic carbocycles. The molecule has 0 saturated carbocycles. The molecule has 0 spiro atoms. The van der Waals surface area contributed by atoms with Crippen LogP contribution in [0.3, 0.4) is 0 Å². The van der Waals surface area contributed by atoms with Crippen molar-refractivity contribution in [3.05, 3.63) is 52.5 Å². The highest BCUT2D eigenvalue weighted by Gasteiger charge is 2.17. The van der Waals surface area contributed by atoms with Crippen molar-refractivity contribution in [2.75, 3.05) is 10.5 Å². The maximum Gasteiger partial charge on any atom is 0.262 e. The predicted octanol–water partition coefficient (Wildman–Crippen LogP) is 3.59. The second-order valence-corrected chi connectivity index (χ2v) is 6.86. The van der Waals surface area contributed by atoms with Crippen molar-refractivity contribution in [2.45, 2.75) is 25.2 Å².